The molecule has 3 aromatic rings. The molecule has 5 nitrogen and oxygen atoms in total. The molecule has 0 fully saturated rings. The highest BCUT2D eigenvalue weighted by Crippen LogP contribution is 2.13. The fraction of sp³-hybridized carbons (Fsp3) is 0.154. The lowest BCUT2D eigenvalue weighted by molar-refractivity contribution is 0.0781. The topological polar surface area (TPSA) is 61.9 Å². The molecule has 2 heterocycles. The van der Waals surface area contributed by atoms with Crippen molar-refractivity contribution in [3.05, 3.63) is 46.7 Å². The summed E-state index contributed by atoms with van der Waals surface area (Å²) in [6.07, 6.45) is 1.63. The molecule has 0 aliphatic heterocycles. The van der Waals surface area contributed by atoms with E-state index in [-0.39, 0.29) is 5.91 Å². The molecule has 3 rings (SSSR count). The number of carbonyl (C=O) groups excluding carboxylic acids is 1. The van der Waals surface area contributed by atoms with Crippen molar-refractivity contribution in [1.82, 2.24) is 19.9 Å². The molecule has 0 radical (unpaired) electrons. The second kappa shape index (κ2) is 4.81. The molecular formula is C13H12N4OS. The number of nitrogens with one attached hydrogen (secondary N) is 1. The Morgan fingerprint density at radius 1 is 1.42 bits per heavy atom. The van der Waals surface area contributed by atoms with E-state index in [1.165, 1.54) is 11.3 Å². The molecule has 0 spiro atoms. The first kappa shape index (κ1) is 11.9. The first-order valence-corrected chi connectivity index (χ1v) is 6.70. The zero-order valence-electron chi connectivity index (χ0n) is 10.3. The summed E-state index contributed by atoms with van der Waals surface area (Å²) in [6, 6.07) is 7.80. The highest BCUT2D eigenvalue weighted by molar-refractivity contribution is 7.11. The van der Waals surface area contributed by atoms with Gasteiger partial charge in [-0.05, 0) is 12.1 Å². The molecule has 19 heavy (non-hydrogen) atoms. The number of hydrogen-bond acceptors (Lipinski definition) is 4. The lowest BCUT2D eigenvalue weighted by atomic mass is 10.3. The molecule has 0 bridgehead atoms. The van der Waals surface area contributed by atoms with E-state index in [2.05, 4.69) is 15.0 Å². The SMILES string of the molecule is CN(Cc1nc2ccccc2[nH]1)C(=O)c1nccs1. The number of rotatable bonds is 3. The van der Waals surface area contributed by atoms with Crippen molar-refractivity contribution in [1.29, 1.82) is 0 Å². The van der Waals surface area contributed by atoms with Crippen LogP contribution in [0.5, 0.6) is 0 Å². The molecule has 1 amide bonds. The Bertz CT molecular complexity index is 671. The third-order valence-electron chi connectivity index (χ3n) is 2.79. The largest absolute Gasteiger partial charge is 0.340 e. The molecule has 0 aliphatic rings. The molecular weight excluding hydrogens is 260 g/mol. The van der Waals surface area contributed by atoms with Gasteiger partial charge in [0.15, 0.2) is 5.01 Å². The second-order valence-corrected chi connectivity index (χ2v) is 5.09. The number of benzene rings is 1. The van der Waals surface area contributed by atoms with Crippen LogP contribution in [0.25, 0.3) is 11.0 Å². The van der Waals surface area contributed by atoms with Gasteiger partial charge in [-0.3, -0.25) is 4.79 Å². The van der Waals surface area contributed by atoms with Gasteiger partial charge in [0.1, 0.15) is 5.82 Å². The molecule has 2 aromatic heterocycles. The Morgan fingerprint density at radius 3 is 3.00 bits per heavy atom. The van der Waals surface area contributed by atoms with Crippen molar-refractivity contribution in [2.24, 2.45) is 0 Å². The van der Waals surface area contributed by atoms with E-state index in [0.717, 1.165) is 16.9 Å². The monoisotopic (exact) mass is 272 g/mol. The van der Waals surface area contributed by atoms with E-state index >= 15 is 0 Å². The van der Waals surface area contributed by atoms with E-state index in [9.17, 15) is 4.79 Å². The van der Waals surface area contributed by atoms with Crippen molar-refractivity contribution < 1.29 is 4.79 Å². The normalized spacial score (nSPS) is 10.8. The third-order valence-corrected chi connectivity index (χ3v) is 3.55. The minimum absolute atomic E-state index is 0.0875. The standard InChI is InChI=1S/C13H12N4OS/c1-17(13(18)12-14-6-7-19-12)8-11-15-9-4-2-3-5-10(9)16-11/h2-7H,8H2,1H3,(H,15,16). The number of carbonyl (C=O) groups is 1. The van der Waals surface area contributed by atoms with Crippen LogP contribution in [0.4, 0.5) is 0 Å². The fourth-order valence-electron chi connectivity index (χ4n) is 1.87. The summed E-state index contributed by atoms with van der Waals surface area (Å²) in [4.78, 5) is 25.3. The van der Waals surface area contributed by atoms with Crippen LogP contribution < -0.4 is 0 Å². The molecule has 0 saturated carbocycles. The third kappa shape index (κ3) is 2.34. The summed E-state index contributed by atoms with van der Waals surface area (Å²) in [5.41, 5.74) is 1.89. The zero-order chi connectivity index (χ0) is 13.2. The number of imidazole rings is 1. The summed E-state index contributed by atoms with van der Waals surface area (Å²) in [5.74, 6) is 0.684. The number of thiazole rings is 1. The second-order valence-electron chi connectivity index (χ2n) is 4.20. The number of hydrogen-bond donors (Lipinski definition) is 1. The molecule has 0 aliphatic carbocycles. The molecule has 0 atom stereocenters. The van der Waals surface area contributed by atoms with Gasteiger partial charge in [0.05, 0.1) is 17.6 Å². The summed E-state index contributed by atoms with van der Waals surface area (Å²) >= 11 is 1.34. The van der Waals surface area contributed by atoms with Crippen LogP contribution >= 0.6 is 11.3 Å². The van der Waals surface area contributed by atoms with Crippen LogP contribution in [0.1, 0.15) is 15.6 Å². The summed E-state index contributed by atoms with van der Waals surface area (Å²) in [6.45, 7) is 0.438. The maximum atomic E-state index is 12.1. The van der Waals surface area contributed by atoms with Crippen LogP contribution in [-0.4, -0.2) is 32.8 Å². The quantitative estimate of drug-likeness (QED) is 0.795. The van der Waals surface area contributed by atoms with Gasteiger partial charge in [-0.15, -0.1) is 11.3 Å². The first-order chi connectivity index (χ1) is 9.24. The average molecular weight is 272 g/mol. The Morgan fingerprint density at radius 2 is 2.26 bits per heavy atom. The molecule has 6 heteroatoms. The van der Waals surface area contributed by atoms with Crippen LogP contribution in [0.3, 0.4) is 0 Å². The maximum absolute atomic E-state index is 12.1. The number of amides is 1. The lowest BCUT2D eigenvalue weighted by Gasteiger charge is -2.13. The van der Waals surface area contributed by atoms with Crippen molar-refractivity contribution >= 4 is 28.3 Å². The Kier molecular flexibility index (Phi) is 3.00. The molecule has 1 aromatic carbocycles. The zero-order valence-corrected chi connectivity index (χ0v) is 11.1. The van der Waals surface area contributed by atoms with Gasteiger partial charge >= 0.3 is 0 Å². The lowest BCUT2D eigenvalue weighted by Crippen LogP contribution is -2.26. The Hall–Kier alpha value is -2.21. The number of fused-ring (bicyclic) bond motifs is 1. The minimum Gasteiger partial charge on any atom is -0.340 e. The van der Waals surface area contributed by atoms with Gasteiger partial charge < -0.3 is 9.88 Å². The van der Waals surface area contributed by atoms with E-state index in [4.69, 9.17) is 0 Å². The minimum atomic E-state index is -0.0875. The molecule has 0 unspecified atom stereocenters. The molecule has 1 N–H and O–H groups in total. The number of nitrogens with zero attached hydrogens (tertiary/aromatic N) is 3. The highest BCUT2D eigenvalue weighted by Gasteiger charge is 2.15. The van der Waals surface area contributed by atoms with Gasteiger partial charge in [-0.25, -0.2) is 9.97 Å². The van der Waals surface area contributed by atoms with Crippen LogP contribution in [0, 0.1) is 0 Å². The number of para-hydroxylation sites is 2. The van der Waals surface area contributed by atoms with Crippen LogP contribution in [0.15, 0.2) is 35.8 Å². The Labute approximate surface area is 113 Å². The van der Waals surface area contributed by atoms with Crippen molar-refractivity contribution in [3.8, 4) is 0 Å². The van der Waals surface area contributed by atoms with Gasteiger partial charge in [0, 0.05) is 18.6 Å². The smallest absolute Gasteiger partial charge is 0.282 e. The van der Waals surface area contributed by atoms with Crippen LogP contribution in [-0.2, 0) is 6.54 Å². The molecule has 96 valence electrons. The predicted octanol–water partition coefficient (Wildman–Crippen LogP) is 2.29. The van der Waals surface area contributed by atoms with E-state index in [1.807, 2.05) is 24.3 Å². The highest BCUT2D eigenvalue weighted by atomic mass is 32.1. The van der Waals surface area contributed by atoms with E-state index in [1.54, 1.807) is 23.5 Å². The fourth-order valence-corrected chi connectivity index (χ4v) is 2.50. The van der Waals surface area contributed by atoms with Gasteiger partial charge in [0.2, 0.25) is 0 Å². The van der Waals surface area contributed by atoms with Gasteiger partial charge in [-0.1, -0.05) is 12.1 Å². The summed E-state index contributed by atoms with van der Waals surface area (Å²) in [7, 11) is 1.75. The van der Waals surface area contributed by atoms with Crippen molar-refractivity contribution in [2.75, 3.05) is 7.05 Å². The van der Waals surface area contributed by atoms with Crippen molar-refractivity contribution in [3.63, 3.8) is 0 Å². The maximum Gasteiger partial charge on any atom is 0.282 e. The predicted molar refractivity (Wildman–Crippen MR) is 74.0 cm³/mol. The number of H-pyrrole nitrogens is 1. The van der Waals surface area contributed by atoms with E-state index in [0.29, 0.717) is 11.6 Å². The number of aromatic nitrogens is 3. The van der Waals surface area contributed by atoms with Crippen molar-refractivity contribution in [2.45, 2.75) is 6.54 Å². The van der Waals surface area contributed by atoms with Gasteiger partial charge in [0.25, 0.3) is 5.91 Å². The molecule has 0 saturated heterocycles. The average Bonchev–Trinajstić information content (AvgIpc) is 3.06. The van der Waals surface area contributed by atoms with E-state index < -0.39 is 0 Å². The summed E-state index contributed by atoms with van der Waals surface area (Å²) in [5, 5.41) is 2.29. The summed E-state index contributed by atoms with van der Waals surface area (Å²) < 4.78 is 0. The Balaban J connectivity index is 1.79. The first-order valence-electron chi connectivity index (χ1n) is 5.82. The van der Waals surface area contributed by atoms with Gasteiger partial charge in [-0.2, -0.15) is 0 Å². The van der Waals surface area contributed by atoms with Crippen LogP contribution in [0.2, 0.25) is 0 Å². The number of aromatic amines is 1.